The second kappa shape index (κ2) is 6.53. The molecule has 1 N–H and O–H groups in total. The Hall–Kier alpha value is -0.870. The maximum Gasteiger partial charge on any atom is 0.255 e. The van der Waals surface area contributed by atoms with Crippen molar-refractivity contribution in [1.82, 2.24) is 10.2 Å². The van der Waals surface area contributed by atoms with Gasteiger partial charge in [-0.2, -0.15) is 0 Å². The summed E-state index contributed by atoms with van der Waals surface area (Å²) in [6, 6.07) is 8.37. The van der Waals surface area contributed by atoms with Gasteiger partial charge in [0.15, 0.2) is 0 Å². The normalized spacial score (nSPS) is 23.4. The molecule has 2 atom stereocenters. The van der Waals surface area contributed by atoms with Crippen molar-refractivity contribution in [2.75, 3.05) is 13.1 Å². The van der Waals surface area contributed by atoms with E-state index in [0.29, 0.717) is 12.1 Å². The molecule has 1 aromatic rings. The average molecular weight is 325 g/mol. The molecular weight excluding hydrogens is 304 g/mol. The van der Waals surface area contributed by atoms with Crippen LogP contribution >= 0.6 is 15.9 Å². The first-order valence-electron chi connectivity index (χ1n) is 6.96. The highest BCUT2D eigenvalue weighted by molar-refractivity contribution is 9.10. The Labute approximate surface area is 123 Å². The molecule has 1 aliphatic heterocycles. The molecule has 104 valence electrons. The van der Waals surface area contributed by atoms with E-state index in [-0.39, 0.29) is 5.91 Å². The highest BCUT2D eigenvalue weighted by atomic mass is 79.9. The fraction of sp³-hybridized carbons (Fsp3) is 0.533. The number of amides is 1. The number of rotatable bonds is 3. The van der Waals surface area contributed by atoms with Crippen LogP contribution < -0.4 is 5.32 Å². The van der Waals surface area contributed by atoms with Gasteiger partial charge in [-0.25, -0.2) is 0 Å². The molecule has 1 saturated heterocycles. The Bertz CT molecular complexity index is 450. The number of piperazine rings is 1. The van der Waals surface area contributed by atoms with Crippen LogP contribution in [0.4, 0.5) is 0 Å². The largest absolute Gasteiger partial charge is 0.333 e. The minimum Gasteiger partial charge on any atom is -0.333 e. The molecule has 0 saturated carbocycles. The number of benzene rings is 1. The van der Waals surface area contributed by atoms with Gasteiger partial charge < -0.3 is 10.2 Å². The lowest BCUT2D eigenvalue weighted by atomic mass is 10.0. The summed E-state index contributed by atoms with van der Waals surface area (Å²) in [7, 11) is 0. The molecule has 0 aromatic heterocycles. The van der Waals surface area contributed by atoms with E-state index in [1.54, 1.807) is 0 Å². The van der Waals surface area contributed by atoms with Gasteiger partial charge in [0.1, 0.15) is 0 Å². The third-order valence-corrected chi connectivity index (χ3v) is 4.52. The van der Waals surface area contributed by atoms with Gasteiger partial charge in [0, 0.05) is 29.6 Å². The van der Waals surface area contributed by atoms with Crippen LogP contribution in [0.1, 0.15) is 37.0 Å². The van der Waals surface area contributed by atoms with Crippen LogP contribution in [0.25, 0.3) is 0 Å². The summed E-state index contributed by atoms with van der Waals surface area (Å²) >= 11 is 3.47. The molecule has 2 unspecified atom stereocenters. The van der Waals surface area contributed by atoms with Crippen LogP contribution in [0.3, 0.4) is 0 Å². The predicted octanol–water partition coefficient (Wildman–Crippen LogP) is 3.05. The van der Waals surface area contributed by atoms with E-state index in [2.05, 4.69) is 35.1 Å². The van der Waals surface area contributed by atoms with E-state index in [1.807, 2.05) is 29.2 Å². The molecule has 2 rings (SSSR count). The summed E-state index contributed by atoms with van der Waals surface area (Å²) in [5.41, 5.74) is 0.762. The van der Waals surface area contributed by atoms with Gasteiger partial charge >= 0.3 is 0 Å². The van der Waals surface area contributed by atoms with Crippen molar-refractivity contribution in [3.8, 4) is 0 Å². The molecule has 1 amide bonds. The summed E-state index contributed by atoms with van der Waals surface area (Å²) in [5.74, 6) is 0.138. The van der Waals surface area contributed by atoms with E-state index in [1.165, 1.54) is 0 Å². The van der Waals surface area contributed by atoms with Gasteiger partial charge in [-0.15, -0.1) is 0 Å². The molecule has 0 bridgehead atoms. The third-order valence-electron chi connectivity index (χ3n) is 3.83. The Morgan fingerprint density at radius 3 is 2.74 bits per heavy atom. The number of carbonyl (C=O) groups excluding carboxylic acids is 1. The van der Waals surface area contributed by atoms with Crippen molar-refractivity contribution in [3.05, 3.63) is 34.3 Å². The van der Waals surface area contributed by atoms with Crippen LogP contribution in [-0.4, -0.2) is 36.0 Å². The van der Waals surface area contributed by atoms with E-state index in [4.69, 9.17) is 0 Å². The van der Waals surface area contributed by atoms with Crippen LogP contribution in [-0.2, 0) is 0 Å². The minimum absolute atomic E-state index is 0.138. The average Bonchev–Trinajstić information content (AvgIpc) is 2.46. The fourth-order valence-corrected chi connectivity index (χ4v) is 2.99. The van der Waals surface area contributed by atoms with E-state index < -0.39 is 0 Å². The van der Waals surface area contributed by atoms with Crippen molar-refractivity contribution >= 4 is 21.8 Å². The molecule has 1 heterocycles. The van der Waals surface area contributed by atoms with Crippen molar-refractivity contribution in [1.29, 1.82) is 0 Å². The van der Waals surface area contributed by atoms with Gasteiger partial charge in [0.2, 0.25) is 0 Å². The first-order valence-corrected chi connectivity index (χ1v) is 7.75. The van der Waals surface area contributed by atoms with Gasteiger partial charge in [0.05, 0.1) is 5.56 Å². The standard InChI is InChI=1S/C15H21BrN2O/c1-3-11-10-18(12(4-2)9-17-11)15(19)13-7-5-6-8-14(13)16/h5-8,11-12,17H,3-4,9-10H2,1-2H3. The molecule has 4 heteroatoms. The Morgan fingerprint density at radius 1 is 1.37 bits per heavy atom. The van der Waals surface area contributed by atoms with Crippen molar-refractivity contribution in [2.24, 2.45) is 0 Å². The first-order chi connectivity index (χ1) is 9.17. The topological polar surface area (TPSA) is 32.3 Å². The van der Waals surface area contributed by atoms with Gasteiger partial charge in [-0.3, -0.25) is 4.79 Å². The van der Waals surface area contributed by atoms with Gasteiger partial charge in [-0.05, 0) is 40.9 Å². The molecule has 1 fully saturated rings. The smallest absolute Gasteiger partial charge is 0.255 e. The Kier molecular flexibility index (Phi) is 4.99. The number of hydrogen-bond acceptors (Lipinski definition) is 2. The zero-order valence-electron chi connectivity index (χ0n) is 11.5. The van der Waals surface area contributed by atoms with Crippen LogP contribution in [0.2, 0.25) is 0 Å². The molecule has 19 heavy (non-hydrogen) atoms. The second-order valence-electron chi connectivity index (χ2n) is 5.01. The lowest BCUT2D eigenvalue weighted by molar-refractivity contribution is 0.0575. The number of halogens is 1. The first kappa shape index (κ1) is 14.5. The molecular formula is C15H21BrN2O. The molecule has 0 radical (unpaired) electrons. The SMILES string of the molecule is CCC1CN(C(=O)c2ccccc2Br)C(CC)CN1. The second-order valence-corrected chi connectivity index (χ2v) is 5.87. The van der Waals surface area contributed by atoms with Gasteiger partial charge in [0.25, 0.3) is 5.91 Å². The lowest BCUT2D eigenvalue weighted by Gasteiger charge is -2.40. The number of nitrogens with zero attached hydrogens (tertiary/aromatic N) is 1. The highest BCUT2D eigenvalue weighted by Crippen LogP contribution is 2.21. The Morgan fingerprint density at radius 2 is 2.11 bits per heavy atom. The zero-order chi connectivity index (χ0) is 13.8. The Balaban J connectivity index is 2.22. The van der Waals surface area contributed by atoms with Crippen molar-refractivity contribution in [2.45, 2.75) is 38.8 Å². The number of hydrogen-bond donors (Lipinski definition) is 1. The number of carbonyl (C=O) groups is 1. The summed E-state index contributed by atoms with van der Waals surface area (Å²) in [6.07, 6.45) is 2.04. The van der Waals surface area contributed by atoms with E-state index in [0.717, 1.165) is 36.0 Å². The van der Waals surface area contributed by atoms with Crippen LogP contribution in [0.15, 0.2) is 28.7 Å². The predicted molar refractivity (Wildman–Crippen MR) is 81.3 cm³/mol. The molecule has 1 aromatic carbocycles. The summed E-state index contributed by atoms with van der Waals surface area (Å²) < 4.78 is 0.876. The monoisotopic (exact) mass is 324 g/mol. The summed E-state index contributed by atoms with van der Waals surface area (Å²) in [6.45, 7) is 5.99. The minimum atomic E-state index is 0.138. The molecule has 1 aliphatic rings. The van der Waals surface area contributed by atoms with E-state index >= 15 is 0 Å². The lowest BCUT2D eigenvalue weighted by Crippen LogP contribution is -2.57. The van der Waals surface area contributed by atoms with Crippen LogP contribution in [0.5, 0.6) is 0 Å². The molecule has 0 spiro atoms. The maximum atomic E-state index is 12.7. The maximum absolute atomic E-state index is 12.7. The summed E-state index contributed by atoms with van der Waals surface area (Å²) in [5, 5.41) is 3.52. The fourth-order valence-electron chi connectivity index (χ4n) is 2.54. The zero-order valence-corrected chi connectivity index (χ0v) is 13.1. The molecule has 0 aliphatic carbocycles. The van der Waals surface area contributed by atoms with E-state index in [9.17, 15) is 4.79 Å². The molecule has 3 nitrogen and oxygen atoms in total. The van der Waals surface area contributed by atoms with Gasteiger partial charge in [-0.1, -0.05) is 26.0 Å². The third kappa shape index (κ3) is 3.18. The van der Waals surface area contributed by atoms with Crippen LogP contribution in [0, 0.1) is 0 Å². The van der Waals surface area contributed by atoms with Crippen molar-refractivity contribution in [3.63, 3.8) is 0 Å². The van der Waals surface area contributed by atoms with Crippen molar-refractivity contribution < 1.29 is 4.79 Å². The summed E-state index contributed by atoms with van der Waals surface area (Å²) in [4.78, 5) is 14.8. The number of nitrogens with one attached hydrogen (secondary N) is 1. The quantitative estimate of drug-likeness (QED) is 0.926. The highest BCUT2D eigenvalue weighted by Gasteiger charge is 2.30.